The average Bonchev–Trinajstić information content (AvgIpc) is 0. The minimum atomic E-state index is 0. The largest absolute Gasteiger partial charge is 4.00 e. The first-order chi connectivity index (χ1) is 0. The van der Waals surface area contributed by atoms with E-state index in [1.807, 2.05) is 0 Å². The van der Waals surface area contributed by atoms with Gasteiger partial charge in [-0.1, -0.05) is 0 Å². The summed E-state index contributed by atoms with van der Waals surface area (Å²) in [4.78, 5) is 0. The van der Waals surface area contributed by atoms with Gasteiger partial charge in [0.1, 0.15) is 0 Å². The Hall–Kier alpha value is 0.112. The van der Waals surface area contributed by atoms with Crippen molar-refractivity contribution >= 4 is 0 Å². The number of halogens is 6. The smallest absolute Gasteiger partial charge is 1.00 e. The molecule has 0 aromatic carbocycles. The third kappa shape index (κ3) is 8170. The summed E-state index contributed by atoms with van der Waals surface area (Å²) >= 11 is 0. The van der Waals surface area contributed by atoms with E-state index < -0.39 is 0 Å². The molecule has 0 saturated heterocycles. The fraction of sp³-hybridized carbons (Fsp3) is 0. The molecule has 0 amide bonds. The second-order valence-corrected chi connectivity index (χ2v) is 0. The molecule has 0 aromatic heterocycles. The van der Waals surface area contributed by atoms with Crippen LogP contribution in [0.15, 0.2) is 0 Å². The fourth-order valence-corrected chi connectivity index (χ4v) is 0. The topological polar surface area (TPSA) is 0 Å². The Morgan fingerprint density at radius 3 is 0.286 bits per heavy atom. The zero-order valence-corrected chi connectivity index (χ0v) is 3.95. The number of hydrogen-bond acceptors (Lipinski definition) is 0. The Morgan fingerprint density at radius 1 is 0.286 bits per heavy atom. The summed E-state index contributed by atoms with van der Waals surface area (Å²) in [5.41, 5.74) is 0. The first-order valence-electron chi connectivity index (χ1n) is 0. The van der Waals surface area contributed by atoms with Gasteiger partial charge in [0.2, 0.25) is 0 Å². The van der Waals surface area contributed by atoms with Gasteiger partial charge in [-0.15, -0.1) is 0 Å². The summed E-state index contributed by atoms with van der Waals surface area (Å²) in [6.07, 6.45) is 0. The van der Waals surface area contributed by atoms with E-state index in [-0.39, 0.29) is 45.6 Å². The molecular weight excluding hydrogens is 166 g/mol. The Balaban J connectivity index is 0. The van der Waals surface area contributed by atoms with Crippen molar-refractivity contribution in [2.24, 2.45) is 0 Å². The van der Waals surface area contributed by atoms with Crippen LogP contribution in [-0.2, 0) is 17.4 Å². The van der Waals surface area contributed by atoms with Gasteiger partial charge in [-0.05, 0) is 0 Å². The summed E-state index contributed by atoms with van der Waals surface area (Å²) in [5.74, 6) is 0. The SMILES string of the molecule is [Cr+4].[F-].[F-].[F-].[F-].[F-].[F-]. The van der Waals surface area contributed by atoms with Crippen molar-refractivity contribution in [3.05, 3.63) is 0 Å². The molecule has 0 fully saturated rings. The monoisotopic (exact) mass is 166 g/mol. The number of hydrogen-bond donors (Lipinski definition) is 0. The average molecular weight is 166 g/mol. The predicted molar refractivity (Wildman–Crippen MR) is 0 cm³/mol. The molecule has 0 radical (unpaired) electrons. The quantitative estimate of drug-likeness (QED) is 0.313. The molecule has 0 atom stereocenters. The second kappa shape index (κ2) is 12600. The van der Waals surface area contributed by atoms with Crippen molar-refractivity contribution in [3.63, 3.8) is 0 Å². The molecule has 0 aliphatic heterocycles. The fourth-order valence-electron chi connectivity index (χ4n) is 0. The van der Waals surface area contributed by atoms with Gasteiger partial charge in [0.15, 0.2) is 0 Å². The molecule has 0 aliphatic carbocycles. The van der Waals surface area contributed by atoms with E-state index in [0.29, 0.717) is 0 Å². The predicted octanol–water partition coefficient (Wildman–Crippen LogP) is -18.0. The van der Waals surface area contributed by atoms with Crippen LogP contribution in [-0.4, -0.2) is 0 Å². The first kappa shape index (κ1) is 21000. The standard InChI is InChI=1S/Cr.6FH/h;6*1H/q+4;;;;;;/p-6. The molecule has 0 N–H and O–H groups in total. The van der Waals surface area contributed by atoms with Crippen LogP contribution < -0.4 is 28.2 Å². The Labute approximate surface area is 46.6 Å². The molecule has 0 heterocycles. The Kier molecular flexibility index (Phi) is 37900000. The van der Waals surface area contributed by atoms with Crippen molar-refractivity contribution in [2.75, 3.05) is 0 Å². The van der Waals surface area contributed by atoms with Crippen LogP contribution in [0, 0.1) is 0 Å². The van der Waals surface area contributed by atoms with Crippen LogP contribution in [0.3, 0.4) is 0 Å². The van der Waals surface area contributed by atoms with Crippen LogP contribution in [0.5, 0.6) is 0 Å². The van der Waals surface area contributed by atoms with Gasteiger partial charge in [0.25, 0.3) is 0 Å². The third-order valence-corrected chi connectivity index (χ3v) is 0. The van der Waals surface area contributed by atoms with Gasteiger partial charge >= 0.3 is 17.4 Å². The van der Waals surface area contributed by atoms with E-state index >= 15 is 0 Å². The van der Waals surface area contributed by atoms with E-state index in [2.05, 4.69) is 0 Å². The molecule has 0 saturated carbocycles. The molecule has 0 bridgehead atoms. The van der Waals surface area contributed by atoms with Crippen molar-refractivity contribution in [1.29, 1.82) is 0 Å². The zero-order valence-electron chi connectivity index (χ0n) is 2.68. The van der Waals surface area contributed by atoms with Crippen LogP contribution in [0.25, 0.3) is 0 Å². The van der Waals surface area contributed by atoms with Crippen molar-refractivity contribution in [3.8, 4) is 0 Å². The van der Waals surface area contributed by atoms with E-state index in [0.717, 1.165) is 0 Å². The molecule has 0 spiro atoms. The van der Waals surface area contributed by atoms with Crippen molar-refractivity contribution in [2.45, 2.75) is 0 Å². The number of rotatable bonds is 0. The zero-order chi connectivity index (χ0) is 0. The van der Waals surface area contributed by atoms with E-state index in [9.17, 15) is 0 Å². The van der Waals surface area contributed by atoms with Crippen LogP contribution in [0.4, 0.5) is 0 Å². The van der Waals surface area contributed by atoms with Crippen molar-refractivity contribution in [1.82, 2.24) is 0 Å². The molecule has 0 rings (SSSR count). The van der Waals surface area contributed by atoms with E-state index in [4.69, 9.17) is 0 Å². The Bertz CT molecular complexity index is 4.14. The van der Waals surface area contributed by atoms with E-state index in [1.54, 1.807) is 0 Å². The third-order valence-electron chi connectivity index (χ3n) is 0. The summed E-state index contributed by atoms with van der Waals surface area (Å²) in [5, 5.41) is 0. The summed E-state index contributed by atoms with van der Waals surface area (Å²) in [6, 6.07) is 0. The van der Waals surface area contributed by atoms with Gasteiger partial charge in [-0.3, -0.25) is 0 Å². The first-order valence-corrected chi connectivity index (χ1v) is 0. The van der Waals surface area contributed by atoms with Gasteiger partial charge in [-0.25, -0.2) is 0 Å². The van der Waals surface area contributed by atoms with Gasteiger partial charge in [0.05, 0.1) is 0 Å². The molecule has 0 aromatic rings. The normalized spacial score (nSPS) is 0. The summed E-state index contributed by atoms with van der Waals surface area (Å²) < 4.78 is 0. The van der Waals surface area contributed by atoms with Crippen LogP contribution in [0.1, 0.15) is 0 Å². The van der Waals surface area contributed by atoms with Crippen LogP contribution >= 0.6 is 0 Å². The van der Waals surface area contributed by atoms with Crippen LogP contribution in [0.2, 0.25) is 0 Å². The molecule has 0 aliphatic rings. The van der Waals surface area contributed by atoms with Crippen molar-refractivity contribution < 1.29 is 45.6 Å². The molecule has 7 heteroatoms. The molecular formula is CrF6-2. The van der Waals surface area contributed by atoms with E-state index in [1.165, 1.54) is 0 Å². The Morgan fingerprint density at radius 2 is 0.286 bits per heavy atom. The van der Waals surface area contributed by atoms with Gasteiger partial charge in [0, 0.05) is 0 Å². The molecule has 7 heavy (non-hydrogen) atoms. The summed E-state index contributed by atoms with van der Waals surface area (Å²) in [6.45, 7) is 0. The maximum absolute atomic E-state index is 0. The minimum Gasteiger partial charge on any atom is -1.00 e. The minimum absolute atomic E-state index is 0. The van der Waals surface area contributed by atoms with Gasteiger partial charge < -0.3 is 28.2 Å². The van der Waals surface area contributed by atoms with Gasteiger partial charge in [-0.2, -0.15) is 0 Å². The maximum Gasteiger partial charge on any atom is 4.00 e. The molecule has 0 nitrogen and oxygen atoms in total. The molecule has 0 unspecified atom stereocenters. The molecule has 50 valence electrons. The second-order valence-electron chi connectivity index (χ2n) is 0. The summed E-state index contributed by atoms with van der Waals surface area (Å²) in [7, 11) is 0. The maximum atomic E-state index is 0.